The van der Waals surface area contributed by atoms with Gasteiger partial charge in [-0.25, -0.2) is 4.79 Å². The predicted octanol–water partition coefficient (Wildman–Crippen LogP) is 1.98. The quantitative estimate of drug-likeness (QED) is 0.692. The molecule has 0 fully saturated rings. The van der Waals surface area contributed by atoms with E-state index >= 15 is 0 Å². The van der Waals surface area contributed by atoms with Crippen molar-refractivity contribution in [2.45, 2.75) is 6.92 Å². The zero-order chi connectivity index (χ0) is 22.0. The number of urea groups is 1. The lowest BCUT2D eigenvalue weighted by Crippen LogP contribution is -2.52. The summed E-state index contributed by atoms with van der Waals surface area (Å²) in [5.74, 6) is 0.202. The van der Waals surface area contributed by atoms with E-state index in [9.17, 15) is 14.4 Å². The molecule has 0 spiro atoms. The maximum atomic E-state index is 12.8. The third kappa shape index (κ3) is 3.95. The number of amides is 4. The summed E-state index contributed by atoms with van der Waals surface area (Å²) in [6, 6.07) is 4.68. The Labute approximate surface area is 178 Å². The fraction of sp³-hybridized carbons (Fsp3) is 0.350. The molecular weight excluding hydrogens is 408 g/mol. The van der Waals surface area contributed by atoms with Gasteiger partial charge < -0.3 is 14.8 Å². The summed E-state index contributed by atoms with van der Waals surface area (Å²) >= 11 is 1.25. The molecule has 0 saturated heterocycles. The van der Waals surface area contributed by atoms with Gasteiger partial charge in [0, 0.05) is 11.0 Å². The molecule has 1 N–H and O–H groups in total. The van der Waals surface area contributed by atoms with Gasteiger partial charge in [-0.1, -0.05) is 0 Å². The van der Waals surface area contributed by atoms with Gasteiger partial charge in [0.1, 0.15) is 17.7 Å². The van der Waals surface area contributed by atoms with Crippen LogP contribution in [-0.4, -0.2) is 73.4 Å². The molecule has 0 aromatic heterocycles. The standard InChI is InChI=1S/C20H22N4O5S/c1-11-9-21-18-16(19(26)24(3)20(27)23(18)2)17(11)30-10-15(25)22-13-8-12(28-4)6-7-14(13)29-5/h6-9,16H,10H2,1-5H3/p+1. The molecule has 0 saturated carbocycles. The molecule has 3 rings (SSSR count). The highest BCUT2D eigenvalue weighted by molar-refractivity contribution is 8.03. The van der Waals surface area contributed by atoms with Crippen LogP contribution in [0.15, 0.2) is 33.7 Å². The number of methoxy groups -OCH3 is 2. The largest absolute Gasteiger partial charge is 0.497 e. The number of rotatable bonds is 6. The number of nitrogens with zero attached hydrogens (tertiary/aromatic N) is 3. The SMILES string of the molecule is COc1ccc(OC)c(NC(=O)CSC2=C(C)C=NC3=[N+](C)C(=O)N(C)C(=O)C23)c1. The lowest BCUT2D eigenvalue weighted by molar-refractivity contribution is -0.407. The highest BCUT2D eigenvalue weighted by Gasteiger charge is 2.47. The minimum absolute atomic E-state index is 0.0688. The Morgan fingerprint density at radius 2 is 2.03 bits per heavy atom. The van der Waals surface area contributed by atoms with Gasteiger partial charge in [0.2, 0.25) is 5.91 Å². The Morgan fingerprint density at radius 3 is 2.70 bits per heavy atom. The lowest BCUT2D eigenvalue weighted by atomic mass is 9.99. The first kappa shape index (κ1) is 21.6. The van der Waals surface area contributed by atoms with Crippen molar-refractivity contribution >= 4 is 47.3 Å². The lowest BCUT2D eigenvalue weighted by Gasteiger charge is -2.27. The number of amidine groups is 1. The van der Waals surface area contributed by atoms with Crippen LogP contribution in [0.5, 0.6) is 11.5 Å². The molecule has 9 nitrogen and oxygen atoms in total. The van der Waals surface area contributed by atoms with E-state index in [1.165, 1.54) is 37.6 Å². The molecule has 1 unspecified atom stereocenters. The molecule has 1 aromatic rings. The maximum absolute atomic E-state index is 12.8. The number of ether oxygens (including phenoxy) is 2. The van der Waals surface area contributed by atoms with Crippen molar-refractivity contribution in [3.05, 3.63) is 28.7 Å². The van der Waals surface area contributed by atoms with Gasteiger partial charge in [0.05, 0.1) is 39.8 Å². The Hall–Kier alpha value is -3.14. The number of anilines is 1. The number of nitrogens with one attached hydrogen (secondary N) is 1. The summed E-state index contributed by atoms with van der Waals surface area (Å²) in [5.41, 5.74) is 1.27. The van der Waals surface area contributed by atoms with Crippen LogP contribution >= 0.6 is 11.8 Å². The number of hydrogen-bond acceptors (Lipinski definition) is 7. The second-order valence-electron chi connectivity index (χ2n) is 6.74. The van der Waals surface area contributed by atoms with Crippen molar-refractivity contribution in [3.63, 3.8) is 0 Å². The van der Waals surface area contributed by atoms with Crippen molar-refractivity contribution in [2.75, 3.05) is 39.4 Å². The topological polar surface area (TPSA) is 100 Å². The van der Waals surface area contributed by atoms with E-state index in [-0.39, 0.29) is 17.6 Å². The molecule has 0 bridgehead atoms. The van der Waals surface area contributed by atoms with Crippen LogP contribution in [0.25, 0.3) is 0 Å². The first-order chi connectivity index (χ1) is 14.3. The Morgan fingerprint density at radius 1 is 1.30 bits per heavy atom. The highest BCUT2D eigenvalue weighted by atomic mass is 32.2. The second kappa shape index (κ2) is 8.70. The molecule has 1 atom stereocenters. The summed E-state index contributed by atoms with van der Waals surface area (Å²) in [6.45, 7) is 1.83. The van der Waals surface area contributed by atoms with Gasteiger partial charge in [-0.3, -0.25) is 9.59 Å². The molecule has 0 radical (unpaired) electrons. The Balaban J connectivity index is 1.78. The number of dihydropyridines is 1. The predicted molar refractivity (Wildman–Crippen MR) is 115 cm³/mol. The first-order valence-corrected chi connectivity index (χ1v) is 10.1. The fourth-order valence-corrected chi connectivity index (χ4v) is 4.21. The zero-order valence-corrected chi connectivity index (χ0v) is 18.2. The Kier molecular flexibility index (Phi) is 6.25. The smallest absolute Gasteiger partial charge is 0.445 e. The Bertz CT molecular complexity index is 1010. The van der Waals surface area contributed by atoms with Gasteiger partial charge >= 0.3 is 11.9 Å². The number of benzene rings is 1. The van der Waals surface area contributed by atoms with Crippen molar-refractivity contribution < 1.29 is 28.4 Å². The number of aliphatic imine (C=N–C) groups is 1. The number of allylic oxidation sites excluding steroid dienone is 1. The highest BCUT2D eigenvalue weighted by Crippen LogP contribution is 2.35. The number of thioether (sulfide) groups is 1. The van der Waals surface area contributed by atoms with Gasteiger partial charge in [-0.15, -0.1) is 16.8 Å². The van der Waals surface area contributed by atoms with Crippen molar-refractivity contribution in [3.8, 4) is 11.5 Å². The summed E-state index contributed by atoms with van der Waals surface area (Å²) in [7, 11) is 6.07. The maximum Gasteiger partial charge on any atom is 0.445 e. The molecule has 30 heavy (non-hydrogen) atoms. The molecule has 0 aliphatic carbocycles. The molecule has 10 heteroatoms. The van der Waals surface area contributed by atoms with Crippen LogP contribution in [0, 0.1) is 5.92 Å². The van der Waals surface area contributed by atoms with Gasteiger partial charge in [-0.2, -0.15) is 9.48 Å². The van der Waals surface area contributed by atoms with E-state index in [4.69, 9.17) is 9.47 Å². The van der Waals surface area contributed by atoms with Gasteiger partial charge in [0.15, 0.2) is 5.92 Å². The summed E-state index contributed by atoms with van der Waals surface area (Å²) < 4.78 is 11.8. The van der Waals surface area contributed by atoms with Gasteiger partial charge in [-0.05, 0) is 24.6 Å². The van der Waals surface area contributed by atoms with Crippen LogP contribution in [0.1, 0.15) is 6.92 Å². The van der Waals surface area contributed by atoms with Gasteiger partial charge in [0.25, 0.3) is 5.84 Å². The van der Waals surface area contributed by atoms with Crippen LogP contribution in [0.4, 0.5) is 10.5 Å². The van der Waals surface area contributed by atoms with E-state index in [0.29, 0.717) is 27.9 Å². The summed E-state index contributed by atoms with van der Waals surface area (Å²) in [5, 5.41) is 2.81. The minimum Gasteiger partial charge on any atom is -0.497 e. The number of fused-ring (bicyclic) bond motifs is 1. The molecule has 2 heterocycles. The first-order valence-electron chi connectivity index (χ1n) is 9.10. The average Bonchev–Trinajstić information content (AvgIpc) is 2.74. The minimum atomic E-state index is -0.702. The van der Waals surface area contributed by atoms with Crippen molar-refractivity contribution in [1.82, 2.24) is 4.90 Å². The van der Waals surface area contributed by atoms with E-state index in [2.05, 4.69) is 10.3 Å². The number of hydrogen-bond donors (Lipinski definition) is 1. The van der Waals surface area contributed by atoms with Crippen molar-refractivity contribution in [1.29, 1.82) is 0 Å². The normalized spacial score (nSPS) is 18.6. The fourth-order valence-electron chi connectivity index (χ4n) is 3.20. The van der Waals surface area contributed by atoms with E-state index in [1.807, 2.05) is 6.92 Å². The monoisotopic (exact) mass is 431 g/mol. The van der Waals surface area contributed by atoms with E-state index in [1.54, 1.807) is 31.5 Å². The number of carbonyl (C=O) groups excluding carboxylic acids is 3. The summed E-state index contributed by atoms with van der Waals surface area (Å²) in [4.78, 5) is 43.6. The third-order valence-corrected chi connectivity index (χ3v) is 6.11. The van der Waals surface area contributed by atoms with E-state index in [0.717, 1.165) is 10.5 Å². The van der Waals surface area contributed by atoms with Crippen molar-refractivity contribution in [2.24, 2.45) is 10.9 Å². The molecule has 4 amide bonds. The van der Waals surface area contributed by atoms with Crippen LogP contribution in [-0.2, 0) is 9.59 Å². The zero-order valence-electron chi connectivity index (χ0n) is 17.4. The molecule has 1 aromatic carbocycles. The van der Waals surface area contributed by atoms with Crippen LogP contribution in [0.3, 0.4) is 0 Å². The second-order valence-corrected chi connectivity index (χ2v) is 7.76. The third-order valence-electron chi connectivity index (χ3n) is 4.83. The molecule has 158 valence electrons. The number of imide groups is 1. The molecular formula is C20H23N4O5S+. The number of carbonyl (C=O) groups is 3. The average molecular weight is 431 g/mol. The van der Waals surface area contributed by atoms with Crippen LogP contribution < -0.4 is 14.8 Å². The summed E-state index contributed by atoms with van der Waals surface area (Å²) in [6.07, 6.45) is 1.61. The molecule has 2 aliphatic heterocycles. The van der Waals surface area contributed by atoms with E-state index < -0.39 is 11.9 Å². The van der Waals surface area contributed by atoms with Crippen LogP contribution in [0.2, 0.25) is 0 Å². The molecule has 2 aliphatic rings.